The minimum atomic E-state index is -1.05. The number of aromatic amines is 1. The van der Waals surface area contributed by atoms with Crippen molar-refractivity contribution < 1.29 is 15.1 Å². The number of hydrogen-bond donors (Lipinski definition) is 3. The van der Waals surface area contributed by atoms with Crippen molar-refractivity contribution in [1.29, 1.82) is 0 Å². The first-order chi connectivity index (χ1) is 11.1. The monoisotopic (exact) mass is 310 g/mol. The second-order valence-corrected chi connectivity index (χ2v) is 5.50. The van der Waals surface area contributed by atoms with Gasteiger partial charge >= 0.3 is 5.97 Å². The van der Waals surface area contributed by atoms with Gasteiger partial charge < -0.3 is 15.3 Å². The molecule has 118 valence electrons. The third-order valence-electron chi connectivity index (χ3n) is 3.92. The second-order valence-electron chi connectivity index (χ2n) is 5.50. The average molecular weight is 310 g/mol. The van der Waals surface area contributed by atoms with Gasteiger partial charge in [0.15, 0.2) is 0 Å². The van der Waals surface area contributed by atoms with Crippen molar-refractivity contribution in [3.63, 3.8) is 0 Å². The molecule has 0 saturated carbocycles. The summed E-state index contributed by atoms with van der Waals surface area (Å²) in [6.07, 6.45) is 2.03. The van der Waals surface area contributed by atoms with Crippen molar-refractivity contribution in [2.75, 3.05) is 0 Å². The maximum atomic E-state index is 11.6. The topological polar surface area (TPSA) is 76.6 Å². The molecule has 0 radical (unpaired) electrons. The molecule has 0 saturated heterocycles. The largest absolute Gasteiger partial charge is 0.480 e. The van der Waals surface area contributed by atoms with E-state index in [1.165, 1.54) is 0 Å². The summed E-state index contributed by atoms with van der Waals surface area (Å²) in [5, 5.41) is 21.6. The van der Waals surface area contributed by atoms with Crippen LogP contribution in [0.15, 0.2) is 60.8 Å². The normalized spacial score (nSPS) is 12.6. The van der Waals surface area contributed by atoms with E-state index in [4.69, 9.17) is 0 Å². The molecule has 23 heavy (non-hydrogen) atoms. The Bertz CT molecular complexity index is 798. The molecule has 0 aliphatic rings. The zero-order chi connectivity index (χ0) is 16.2. The van der Waals surface area contributed by atoms with E-state index < -0.39 is 12.0 Å². The third-order valence-corrected chi connectivity index (χ3v) is 3.92. The van der Waals surface area contributed by atoms with Gasteiger partial charge in [0.05, 0.1) is 0 Å². The molecule has 0 spiro atoms. The second kappa shape index (κ2) is 6.64. The molecule has 5 nitrogen and oxygen atoms in total. The van der Waals surface area contributed by atoms with Gasteiger partial charge in [-0.15, -0.1) is 0 Å². The summed E-state index contributed by atoms with van der Waals surface area (Å²) in [4.78, 5) is 14.7. The maximum absolute atomic E-state index is 11.6. The Kier molecular flexibility index (Phi) is 4.41. The molecule has 3 rings (SSSR count). The lowest BCUT2D eigenvalue weighted by atomic mass is 10.0. The van der Waals surface area contributed by atoms with Crippen LogP contribution in [0.2, 0.25) is 0 Å². The predicted octanol–water partition coefficient (Wildman–Crippen LogP) is 3.06. The molecule has 0 amide bonds. The summed E-state index contributed by atoms with van der Waals surface area (Å²) in [5.74, 6) is -1.05. The molecular weight excluding hydrogens is 292 g/mol. The third kappa shape index (κ3) is 3.41. The first-order valence-corrected chi connectivity index (χ1v) is 7.42. The van der Waals surface area contributed by atoms with Gasteiger partial charge in [0.25, 0.3) is 0 Å². The summed E-state index contributed by atoms with van der Waals surface area (Å²) >= 11 is 0. The number of hydrogen-bond acceptors (Lipinski definition) is 3. The number of rotatable bonds is 6. The van der Waals surface area contributed by atoms with Gasteiger partial charge in [0.1, 0.15) is 6.04 Å². The highest BCUT2D eigenvalue weighted by Crippen LogP contribution is 2.21. The summed E-state index contributed by atoms with van der Waals surface area (Å²) in [7, 11) is 0. The van der Waals surface area contributed by atoms with Crippen LogP contribution in [0, 0.1) is 0 Å². The van der Waals surface area contributed by atoms with Crippen LogP contribution in [-0.4, -0.2) is 32.4 Å². The highest BCUT2D eigenvalue weighted by Gasteiger charge is 2.26. The van der Waals surface area contributed by atoms with Gasteiger partial charge in [-0.3, -0.25) is 4.79 Å². The molecular formula is C18H18N2O3. The van der Waals surface area contributed by atoms with Crippen molar-refractivity contribution in [3.8, 4) is 0 Å². The number of H-pyrrole nitrogens is 1. The summed E-state index contributed by atoms with van der Waals surface area (Å²) < 4.78 is 0. The van der Waals surface area contributed by atoms with E-state index in [9.17, 15) is 15.1 Å². The minimum Gasteiger partial charge on any atom is -0.480 e. The number of carbonyl (C=O) groups is 1. The fourth-order valence-electron chi connectivity index (χ4n) is 2.71. The first-order valence-electron chi connectivity index (χ1n) is 7.42. The van der Waals surface area contributed by atoms with Crippen LogP contribution in [0.4, 0.5) is 0 Å². The molecule has 3 N–H and O–H groups in total. The quantitative estimate of drug-likeness (QED) is 0.612. The van der Waals surface area contributed by atoms with Crippen LogP contribution in [0.3, 0.4) is 0 Å². The van der Waals surface area contributed by atoms with Crippen molar-refractivity contribution in [3.05, 3.63) is 71.9 Å². The van der Waals surface area contributed by atoms with Gasteiger partial charge in [-0.25, -0.2) is 0 Å². The fourth-order valence-corrected chi connectivity index (χ4v) is 2.71. The molecule has 0 aliphatic carbocycles. The van der Waals surface area contributed by atoms with Crippen molar-refractivity contribution in [1.82, 2.24) is 10.0 Å². The molecule has 0 unspecified atom stereocenters. The molecule has 0 bridgehead atoms. The van der Waals surface area contributed by atoms with Crippen LogP contribution < -0.4 is 0 Å². The van der Waals surface area contributed by atoms with Crippen molar-refractivity contribution in [2.24, 2.45) is 0 Å². The van der Waals surface area contributed by atoms with Gasteiger partial charge in [-0.05, 0) is 17.2 Å². The first kappa shape index (κ1) is 15.3. The number of nitrogens with one attached hydrogen (secondary N) is 1. The Morgan fingerprint density at radius 3 is 2.52 bits per heavy atom. The Morgan fingerprint density at radius 2 is 1.78 bits per heavy atom. The van der Waals surface area contributed by atoms with E-state index in [-0.39, 0.29) is 13.0 Å². The van der Waals surface area contributed by atoms with Crippen LogP contribution in [0.5, 0.6) is 0 Å². The number of aliphatic carboxylic acids is 1. The Balaban J connectivity index is 1.80. The fraction of sp³-hybridized carbons (Fsp3) is 0.167. The number of aromatic nitrogens is 1. The molecule has 0 fully saturated rings. The van der Waals surface area contributed by atoms with E-state index in [0.29, 0.717) is 0 Å². The molecule has 1 aromatic heterocycles. The van der Waals surface area contributed by atoms with Crippen LogP contribution in [0.1, 0.15) is 11.1 Å². The molecule has 1 heterocycles. The van der Waals surface area contributed by atoms with E-state index in [1.807, 2.05) is 54.6 Å². The SMILES string of the molecule is O=C(O)[C@H](Cc1c[nH]c2ccccc12)N(O)Cc1ccccc1. The zero-order valence-electron chi connectivity index (χ0n) is 12.5. The van der Waals surface area contributed by atoms with Gasteiger partial charge in [0, 0.05) is 30.1 Å². The lowest BCUT2D eigenvalue weighted by molar-refractivity contribution is -0.172. The van der Waals surface area contributed by atoms with E-state index in [0.717, 1.165) is 27.1 Å². The van der Waals surface area contributed by atoms with Crippen LogP contribution in [-0.2, 0) is 17.8 Å². The molecule has 3 aromatic rings. The van der Waals surface area contributed by atoms with E-state index in [1.54, 1.807) is 6.20 Å². The number of carboxylic acids is 1. The highest BCUT2D eigenvalue weighted by molar-refractivity contribution is 5.84. The molecule has 5 heteroatoms. The van der Waals surface area contributed by atoms with Crippen molar-refractivity contribution >= 4 is 16.9 Å². The molecule has 0 aliphatic heterocycles. The Labute approximate surface area is 133 Å². The number of carboxylic acid groups (broad SMARTS) is 1. The highest BCUT2D eigenvalue weighted by atomic mass is 16.5. The Morgan fingerprint density at radius 1 is 1.09 bits per heavy atom. The number of benzene rings is 2. The smallest absolute Gasteiger partial charge is 0.323 e. The van der Waals surface area contributed by atoms with Crippen LogP contribution in [0.25, 0.3) is 10.9 Å². The minimum absolute atomic E-state index is 0.167. The summed E-state index contributed by atoms with van der Waals surface area (Å²) in [6.45, 7) is 0.167. The van der Waals surface area contributed by atoms with Crippen molar-refractivity contribution in [2.45, 2.75) is 19.0 Å². The van der Waals surface area contributed by atoms with Crippen LogP contribution >= 0.6 is 0 Å². The predicted molar refractivity (Wildman–Crippen MR) is 87.2 cm³/mol. The Hall–Kier alpha value is -2.63. The standard InChI is InChI=1S/C18H18N2O3/c21-18(22)17(20(23)12-13-6-2-1-3-7-13)10-14-11-19-16-9-5-4-8-15(14)16/h1-9,11,17,19,23H,10,12H2,(H,21,22)/t17-/m0/s1. The summed E-state index contributed by atoms with van der Waals surface area (Å²) in [5.41, 5.74) is 2.69. The maximum Gasteiger partial charge on any atom is 0.323 e. The molecule has 1 atom stereocenters. The zero-order valence-corrected chi connectivity index (χ0v) is 12.5. The summed E-state index contributed by atoms with van der Waals surface area (Å²) in [6, 6.07) is 16.0. The number of para-hydroxylation sites is 1. The van der Waals surface area contributed by atoms with E-state index >= 15 is 0 Å². The molecule has 2 aromatic carbocycles. The number of fused-ring (bicyclic) bond motifs is 1. The van der Waals surface area contributed by atoms with E-state index in [2.05, 4.69) is 4.98 Å². The lowest BCUT2D eigenvalue weighted by Crippen LogP contribution is -2.40. The van der Waals surface area contributed by atoms with Gasteiger partial charge in [-0.2, -0.15) is 5.06 Å². The average Bonchev–Trinajstić information content (AvgIpc) is 2.96. The number of hydroxylamine groups is 2. The number of nitrogens with zero attached hydrogens (tertiary/aromatic N) is 1. The van der Waals surface area contributed by atoms with Gasteiger partial charge in [-0.1, -0.05) is 48.5 Å². The van der Waals surface area contributed by atoms with Gasteiger partial charge in [0.2, 0.25) is 0 Å². The lowest BCUT2D eigenvalue weighted by Gasteiger charge is -2.22.